The van der Waals surface area contributed by atoms with E-state index in [0.29, 0.717) is 12.0 Å². The third-order valence-electron chi connectivity index (χ3n) is 4.30. The summed E-state index contributed by atoms with van der Waals surface area (Å²) in [6, 6.07) is 5.76. The smallest absolute Gasteiger partial charge is 0.141 e. The summed E-state index contributed by atoms with van der Waals surface area (Å²) in [5, 5.41) is 3.95. The summed E-state index contributed by atoms with van der Waals surface area (Å²) in [6.45, 7) is 3.30. The standard InChI is InChI=1S/C17H25ClFN/c1-2-10-20-17-7-5-3-4-6-14(17)11-13-8-9-16(19)15(18)12-13/h8-9,12,14,17,20H,2-7,10-11H2,1H3. The van der Waals surface area contributed by atoms with Crippen LogP contribution in [0.3, 0.4) is 0 Å². The van der Waals surface area contributed by atoms with E-state index in [9.17, 15) is 4.39 Å². The van der Waals surface area contributed by atoms with Crippen LogP contribution in [0.15, 0.2) is 18.2 Å². The van der Waals surface area contributed by atoms with Crippen LogP contribution in [0.4, 0.5) is 4.39 Å². The van der Waals surface area contributed by atoms with Gasteiger partial charge in [0, 0.05) is 6.04 Å². The highest BCUT2D eigenvalue weighted by molar-refractivity contribution is 6.30. The number of benzene rings is 1. The number of rotatable bonds is 5. The fraction of sp³-hybridized carbons (Fsp3) is 0.647. The van der Waals surface area contributed by atoms with Gasteiger partial charge in [0.2, 0.25) is 0 Å². The molecule has 0 saturated heterocycles. The van der Waals surface area contributed by atoms with Crippen LogP contribution in [-0.4, -0.2) is 12.6 Å². The van der Waals surface area contributed by atoms with Crippen LogP contribution >= 0.6 is 11.6 Å². The lowest BCUT2D eigenvalue weighted by Crippen LogP contribution is -2.37. The zero-order chi connectivity index (χ0) is 14.4. The van der Waals surface area contributed by atoms with Crippen molar-refractivity contribution in [3.8, 4) is 0 Å². The monoisotopic (exact) mass is 297 g/mol. The summed E-state index contributed by atoms with van der Waals surface area (Å²) in [6.07, 6.45) is 8.67. The number of nitrogens with one attached hydrogen (secondary N) is 1. The Kier molecular flexibility index (Phi) is 6.31. The van der Waals surface area contributed by atoms with Crippen LogP contribution in [-0.2, 0) is 6.42 Å². The maximum absolute atomic E-state index is 13.2. The Hall–Kier alpha value is -0.600. The second-order valence-corrected chi connectivity index (χ2v) is 6.32. The van der Waals surface area contributed by atoms with Crippen molar-refractivity contribution in [3.63, 3.8) is 0 Å². The van der Waals surface area contributed by atoms with Gasteiger partial charge in [0.1, 0.15) is 5.82 Å². The normalized spacial score (nSPS) is 23.6. The molecule has 0 radical (unpaired) electrons. The molecule has 0 aliphatic heterocycles. The highest BCUT2D eigenvalue weighted by atomic mass is 35.5. The van der Waals surface area contributed by atoms with Gasteiger partial charge in [-0.05, 0) is 55.8 Å². The van der Waals surface area contributed by atoms with Crippen molar-refractivity contribution in [2.24, 2.45) is 5.92 Å². The molecule has 0 aromatic heterocycles. The highest BCUT2D eigenvalue weighted by Crippen LogP contribution is 2.28. The van der Waals surface area contributed by atoms with E-state index in [-0.39, 0.29) is 10.8 Å². The summed E-state index contributed by atoms with van der Waals surface area (Å²) >= 11 is 5.89. The van der Waals surface area contributed by atoms with Gasteiger partial charge in [-0.15, -0.1) is 0 Å². The first-order chi connectivity index (χ1) is 9.70. The molecule has 0 spiro atoms. The van der Waals surface area contributed by atoms with Crippen LogP contribution in [0, 0.1) is 11.7 Å². The molecule has 2 unspecified atom stereocenters. The predicted molar refractivity (Wildman–Crippen MR) is 83.8 cm³/mol. The molecule has 2 rings (SSSR count). The Bertz CT molecular complexity index is 421. The lowest BCUT2D eigenvalue weighted by Gasteiger charge is -2.26. The average Bonchev–Trinajstić information content (AvgIpc) is 2.66. The minimum absolute atomic E-state index is 0.245. The predicted octanol–water partition coefficient (Wildman–Crippen LogP) is 4.97. The lowest BCUT2D eigenvalue weighted by molar-refractivity contribution is 0.332. The molecule has 1 aromatic rings. The molecular formula is C17H25ClFN. The van der Waals surface area contributed by atoms with Crippen LogP contribution < -0.4 is 5.32 Å². The molecule has 1 aliphatic carbocycles. The van der Waals surface area contributed by atoms with E-state index in [1.165, 1.54) is 44.6 Å². The van der Waals surface area contributed by atoms with Gasteiger partial charge in [-0.25, -0.2) is 4.39 Å². The van der Waals surface area contributed by atoms with Gasteiger partial charge in [-0.3, -0.25) is 0 Å². The molecule has 20 heavy (non-hydrogen) atoms. The molecule has 0 heterocycles. The van der Waals surface area contributed by atoms with E-state index >= 15 is 0 Å². The molecule has 1 N–H and O–H groups in total. The average molecular weight is 298 g/mol. The first-order valence-electron chi connectivity index (χ1n) is 7.88. The molecule has 2 atom stereocenters. The third kappa shape index (κ3) is 4.46. The van der Waals surface area contributed by atoms with E-state index in [0.717, 1.165) is 18.5 Å². The Morgan fingerprint density at radius 2 is 2.05 bits per heavy atom. The van der Waals surface area contributed by atoms with E-state index in [1.807, 2.05) is 6.07 Å². The quantitative estimate of drug-likeness (QED) is 0.757. The molecular weight excluding hydrogens is 273 g/mol. The van der Waals surface area contributed by atoms with E-state index < -0.39 is 0 Å². The van der Waals surface area contributed by atoms with Gasteiger partial charge in [0.15, 0.2) is 0 Å². The SMILES string of the molecule is CCCNC1CCCCCC1Cc1ccc(F)c(Cl)c1. The highest BCUT2D eigenvalue weighted by Gasteiger charge is 2.23. The van der Waals surface area contributed by atoms with Gasteiger partial charge in [-0.2, -0.15) is 0 Å². The molecule has 0 bridgehead atoms. The summed E-state index contributed by atoms with van der Waals surface area (Å²) in [4.78, 5) is 0. The summed E-state index contributed by atoms with van der Waals surface area (Å²) in [5.74, 6) is 0.322. The Labute approximate surface area is 126 Å². The van der Waals surface area contributed by atoms with Crippen molar-refractivity contribution < 1.29 is 4.39 Å². The van der Waals surface area contributed by atoms with Crippen molar-refractivity contribution in [3.05, 3.63) is 34.6 Å². The topological polar surface area (TPSA) is 12.0 Å². The van der Waals surface area contributed by atoms with Crippen molar-refractivity contribution in [2.45, 2.75) is 57.9 Å². The minimum Gasteiger partial charge on any atom is -0.314 e. The first kappa shape index (κ1) is 15.8. The van der Waals surface area contributed by atoms with Crippen molar-refractivity contribution in [1.82, 2.24) is 5.32 Å². The summed E-state index contributed by atoms with van der Waals surface area (Å²) in [7, 11) is 0. The molecule has 1 nitrogen and oxygen atoms in total. The van der Waals surface area contributed by atoms with E-state index in [2.05, 4.69) is 12.2 Å². The van der Waals surface area contributed by atoms with Gasteiger partial charge < -0.3 is 5.32 Å². The van der Waals surface area contributed by atoms with Gasteiger partial charge in [0.05, 0.1) is 5.02 Å². The molecule has 1 fully saturated rings. The fourth-order valence-corrected chi connectivity index (χ4v) is 3.40. The number of hydrogen-bond acceptors (Lipinski definition) is 1. The number of halogens is 2. The van der Waals surface area contributed by atoms with Crippen molar-refractivity contribution >= 4 is 11.6 Å². The van der Waals surface area contributed by atoms with Crippen LogP contribution in [0.2, 0.25) is 5.02 Å². The van der Waals surface area contributed by atoms with E-state index in [4.69, 9.17) is 11.6 Å². The molecule has 1 aliphatic rings. The summed E-state index contributed by atoms with van der Waals surface area (Å²) < 4.78 is 13.2. The Balaban J connectivity index is 2.03. The van der Waals surface area contributed by atoms with Crippen molar-refractivity contribution in [2.75, 3.05) is 6.54 Å². The Morgan fingerprint density at radius 3 is 2.80 bits per heavy atom. The summed E-state index contributed by atoms with van der Waals surface area (Å²) in [5.41, 5.74) is 1.16. The zero-order valence-electron chi connectivity index (χ0n) is 12.3. The van der Waals surface area contributed by atoms with E-state index in [1.54, 1.807) is 6.07 Å². The largest absolute Gasteiger partial charge is 0.314 e. The van der Waals surface area contributed by atoms with Gasteiger partial charge >= 0.3 is 0 Å². The van der Waals surface area contributed by atoms with Gasteiger partial charge in [-0.1, -0.05) is 43.9 Å². The van der Waals surface area contributed by atoms with Crippen LogP contribution in [0.1, 0.15) is 51.0 Å². The van der Waals surface area contributed by atoms with Crippen LogP contribution in [0.25, 0.3) is 0 Å². The van der Waals surface area contributed by atoms with Gasteiger partial charge in [0.25, 0.3) is 0 Å². The molecule has 3 heteroatoms. The third-order valence-corrected chi connectivity index (χ3v) is 4.59. The minimum atomic E-state index is -0.322. The lowest BCUT2D eigenvalue weighted by atomic mass is 9.88. The maximum Gasteiger partial charge on any atom is 0.141 e. The zero-order valence-corrected chi connectivity index (χ0v) is 13.1. The molecule has 1 saturated carbocycles. The second kappa shape index (κ2) is 7.99. The molecule has 1 aromatic carbocycles. The van der Waals surface area contributed by atoms with Crippen LogP contribution in [0.5, 0.6) is 0 Å². The molecule has 112 valence electrons. The van der Waals surface area contributed by atoms with Crippen molar-refractivity contribution in [1.29, 1.82) is 0 Å². The number of hydrogen-bond donors (Lipinski definition) is 1. The maximum atomic E-state index is 13.2. The second-order valence-electron chi connectivity index (χ2n) is 5.91. The molecule has 0 amide bonds. The first-order valence-corrected chi connectivity index (χ1v) is 8.25. The Morgan fingerprint density at radius 1 is 1.25 bits per heavy atom. The fourth-order valence-electron chi connectivity index (χ4n) is 3.20.